The van der Waals surface area contributed by atoms with Crippen molar-refractivity contribution >= 4 is 17.5 Å². The highest BCUT2D eigenvalue weighted by Crippen LogP contribution is 2.20. The maximum atomic E-state index is 12.5. The lowest BCUT2D eigenvalue weighted by Crippen LogP contribution is -2.48. The summed E-state index contributed by atoms with van der Waals surface area (Å²) in [5.74, 6) is -0.111. The summed E-state index contributed by atoms with van der Waals surface area (Å²) in [6.45, 7) is 7.12. The maximum absolute atomic E-state index is 12.5. The Bertz CT molecular complexity index is 902. The smallest absolute Gasteiger partial charge is 0.251 e. The van der Waals surface area contributed by atoms with Crippen molar-refractivity contribution in [3.05, 3.63) is 65.2 Å². The van der Waals surface area contributed by atoms with Gasteiger partial charge in [0.15, 0.2) is 0 Å². The van der Waals surface area contributed by atoms with Gasteiger partial charge in [-0.05, 0) is 43.5 Å². The zero-order valence-electron chi connectivity index (χ0n) is 17.6. The molecule has 2 N–H and O–H groups in total. The van der Waals surface area contributed by atoms with E-state index in [-0.39, 0.29) is 11.8 Å². The van der Waals surface area contributed by atoms with Crippen molar-refractivity contribution in [2.75, 3.05) is 38.0 Å². The first-order valence-electron chi connectivity index (χ1n) is 10.8. The molecule has 2 aliphatic rings. The summed E-state index contributed by atoms with van der Waals surface area (Å²) >= 11 is 0. The van der Waals surface area contributed by atoms with E-state index in [0.29, 0.717) is 23.8 Å². The van der Waals surface area contributed by atoms with Crippen LogP contribution in [0.1, 0.15) is 34.3 Å². The fourth-order valence-corrected chi connectivity index (χ4v) is 3.81. The first-order valence-corrected chi connectivity index (χ1v) is 10.8. The lowest BCUT2D eigenvalue weighted by atomic mass is 10.1. The van der Waals surface area contributed by atoms with Crippen LogP contribution in [-0.4, -0.2) is 60.4 Å². The van der Waals surface area contributed by atoms with Gasteiger partial charge in [0.05, 0.1) is 6.54 Å². The quantitative estimate of drug-likeness (QED) is 0.742. The minimum Gasteiger partial charge on any atom is -0.349 e. The highest BCUT2D eigenvalue weighted by Gasteiger charge is 2.24. The van der Waals surface area contributed by atoms with E-state index in [1.165, 1.54) is 11.1 Å². The molecule has 1 aliphatic carbocycles. The molecule has 6 heteroatoms. The van der Waals surface area contributed by atoms with E-state index in [4.69, 9.17) is 0 Å². The molecule has 158 valence electrons. The number of nitrogens with zero attached hydrogens (tertiary/aromatic N) is 2. The van der Waals surface area contributed by atoms with E-state index in [1.54, 1.807) is 12.1 Å². The zero-order valence-corrected chi connectivity index (χ0v) is 17.6. The average Bonchev–Trinajstić information content (AvgIpc) is 3.54. The largest absolute Gasteiger partial charge is 0.349 e. The predicted molar refractivity (Wildman–Crippen MR) is 118 cm³/mol. The zero-order chi connectivity index (χ0) is 20.9. The van der Waals surface area contributed by atoms with Crippen molar-refractivity contribution < 1.29 is 9.59 Å². The molecule has 0 radical (unpaired) electrons. The summed E-state index contributed by atoms with van der Waals surface area (Å²) in [7, 11) is 0. The van der Waals surface area contributed by atoms with Crippen molar-refractivity contribution in [3.63, 3.8) is 0 Å². The third-order valence-corrected chi connectivity index (χ3v) is 5.64. The average molecular weight is 407 g/mol. The molecule has 30 heavy (non-hydrogen) atoms. The Morgan fingerprint density at radius 2 is 1.70 bits per heavy atom. The molecule has 1 saturated carbocycles. The predicted octanol–water partition coefficient (Wildman–Crippen LogP) is 2.64. The Morgan fingerprint density at radius 3 is 2.43 bits per heavy atom. The van der Waals surface area contributed by atoms with Crippen LogP contribution >= 0.6 is 0 Å². The highest BCUT2D eigenvalue weighted by molar-refractivity contribution is 5.97. The summed E-state index contributed by atoms with van der Waals surface area (Å²) in [5, 5.41) is 5.91. The van der Waals surface area contributed by atoms with E-state index in [9.17, 15) is 9.59 Å². The van der Waals surface area contributed by atoms with Crippen molar-refractivity contribution in [3.8, 4) is 0 Å². The molecule has 1 aliphatic heterocycles. The van der Waals surface area contributed by atoms with Gasteiger partial charge < -0.3 is 10.6 Å². The fraction of sp³-hybridized carbons (Fsp3) is 0.417. The van der Waals surface area contributed by atoms with E-state index in [0.717, 1.165) is 45.6 Å². The number of benzene rings is 2. The summed E-state index contributed by atoms with van der Waals surface area (Å²) in [5.41, 5.74) is 3.88. The molecule has 0 bridgehead atoms. The van der Waals surface area contributed by atoms with Gasteiger partial charge in [0.2, 0.25) is 5.91 Å². The number of carbonyl (C=O) groups is 2. The molecule has 0 unspecified atom stereocenters. The Morgan fingerprint density at radius 1 is 0.967 bits per heavy atom. The summed E-state index contributed by atoms with van der Waals surface area (Å²) < 4.78 is 0. The van der Waals surface area contributed by atoms with Gasteiger partial charge in [-0.1, -0.05) is 35.9 Å². The van der Waals surface area contributed by atoms with Crippen LogP contribution in [-0.2, 0) is 11.3 Å². The van der Waals surface area contributed by atoms with Crippen molar-refractivity contribution in [2.45, 2.75) is 32.4 Å². The van der Waals surface area contributed by atoms with Crippen molar-refractivity contribution in [1.29, 1.82) is 0 Å². The van der Waals surface area contributed by atoms with Crippen LogP contribution in [0.25, 0.3) is 0 Å². The van der Waals surface area contributed by atoms with Gasteiger partial charge in [-0.25, -0.2) is 0 Å². The molecule has 2 aromatic carbocycles. The summed E-state index contributed by atoms with van der Waals surface area (Å²) in [6.07, 6.45) is 2.11. The van der Waals surface area contributed by atoms with E-state index in [1.807, 2.05) is 12.1 Å². The Hall–Kier alpha value is -2.70. The third-order valence-electron chi connectivity index (χ3n) is 5.64. The Kier molecular flexibility index (Phi) is 6.45. The molecule has 2 amide bonds. The van der Waals surface area contributed by atoms with Gasteiger partial charge in [-0.2, -0.15) is 0 Å². The monoisotopic (exact) mass is 406 g/mol. The lowest BCUT2D eigenvalue weighted by Gasteiger charge is -2.34. The van der Waals surface area contributed by atoms with Crippen molar-refractivity contribution in [2.24, 2.45) is 0 Å². The number of hydrogen-bond acceptors (Lipinski definition) is 4. The molecule has 6 nitrogen and oxygen atoms in total. The van der Waals surface area contributed by atoms with Gasteiger partial charge in [0.1, 0.15) is 0 Å². The lowest BCUT2D eigenvalue weighted by molar-refractivity contribution is -0.117. The minimum atomic E-state index is -0.0710. The standard InChI is InChI=1S/C24H30N4O2/c1-18-4-2-5-19(14-18)16-27-10-12-28(13-11-27)17-23(29)25-22-7-3-6-20(15-22)24(30)26-21-8-9-21/h2-7,14-15,21H,8-13,16-17H2,1H3,(H,25,29)(H,26,30). The van der Waals surface area contributed by atoms with Crippen LogP contribution in [0.4, 0.5) is 5.69 Å². The van der Waals surface area contributed by atoms with Crippen LogP contribution in [0.15, 0.2) is 48.5 Å². The molecule has 0 aromatic heterocycles. The van der Waals surface area contributed by atoms with Gasteiger partial charge in [-0.15, -0.1) is 0 Å². The SMILES string of the molecule is Cc1cccc(CN2CCN(CC(=O)Nc3cccc(C(=O)NC4CC4)c3)CC2)c1. The second-order valence-electron chi connectivity index (χ2n) is 8.42. The molecule has 1 saturated heterocycles. The molecule has 0 atom stereocenters. The normalized spacial score (nSPS) is 17.5. The molecule has 1 heterocycles. The molecular formula is C24H30N4O2. The number of anilines is 1. The molecule has 2 aromatic rings. The molecule has 2 fully saturated rings. The van der Waals surface area contributed by atoms with Crippen LogP contribution in [0.5, 0.6) is 0 Å². The van der Waals surface area contributed by atoms with Crippen LogP contribution < -0.4 is 10.6 Å². The number of piperazine rings is 1. The van der Waals surface area contributed by atoms with Gasteiger partial charge in [0, 0.05) is 50.0 Å². The number of nitrogens with one attached hydrogen (secondary N) is 2. The van der Waals surface area contributed by atoms with E-state index < -0.39 is 0 Å². The van der Waals surface area contributed by atoms with Gasteiger partial charge in [-0.3, -0.25) is 19.4 Å². The van der Waals surface area contributed by atoms with Crippen LogP contribution in [0, 0.1) is 6.92 Å². The van der Waals surface area contributed by atoms with Crippen molar-refractivity contribution in [1.82, 2.24) is 15.1 Å². The number of aryl methyl sites for hydroxylation is 1. The fourth-order valence-electron chi connectivity index (χ4n) is 3.81. The Labute approximate surface area is 178 Å². The van der Waals surface area contributed by atoms with Crippen LogP contribution in [0.3, 0.4) is 0 Å². The van der Waals surface area contributed by atoms with E-state index >= 15 is 0 Å². The Balaban J connectivity index is 1.22. The summed E-state index contributed by atoms with van der Waals surface area (Å²) in [6, 6.07) is 16.1. The molecule has 0 spiro atoms. The topological polar surface area (TPSA) is 64.7 Å². The molecular weight excluding hydrogens is 376 g/mol. The van der Waals surface area contributed by atoms with Gasteiger partial charge >= 0.3 is 0 Å². The second-order valence-corrected chi connectivity index (χ2v) is 8.42. The van der Waals surface area contributed by atoms with Crippen LogP contribution in [0.2, 0.25) is 0 Å². The molecule has 4 rings (SSSR count). The maximum Gasteiger partial charge on any atom is 0.251 e. The highest BCUT2D eigenvalue weighted by atomic mass is 16.2. The first-order chi connectivity index (χ1) is 14.5. The van der Waals surface area contributed by atoms with E-state index in [2.05, 4.69) is 51.6 Å². The number of hydrogen-bond donors (Lipinski definition) is 2. The second kappa shape index (κ2) is 9.41. The minimum absolute atomic E-state index is 0.0399. The third kappa shape index (κ3) is 5.90. The van der Waals surface area contributed by atoms with Gasteiger partial charge in [0.25, 0.3) is 5.91 Å². The number of amides is 2. The first kappa shape index (κ1) is 20.6. The number of rotatable bonds is 7. The number of carbonyl (C=O) groups excluding carboxylic acids is 2. The summed E-state index contributed by atoms with van der Waals surface area (Å²) in [4.78, 5) is 29.3.